The van der Waals surface area contributed by atoms with E-state index in [4.69, 9.17) is 4.74 Å². The molecule has 2 nitrogen and oxygen atoms in total. The Morgan fingerprint density at radius 3 is 2.67 bits per heavy atom. The van der Waals surface area contributed by atoms with Crippen LogP contribution in [0, 0.1) is 5.92 Å². The summed E-state index contributed by atoms with van der Waals surface area (Å²) < 4.78 is 5.08. The van der Waals surface area contributed by atoms with Crippen molar-refractivity contribution >= 4 is 0 Å². The molecule has 0 aliphatic heterocycles. The van der Waals surface area contributed by atoms with Gasteiger partial charge in [0.1, 0.15) is 0 Å². The first kappa shape index (κ1) is 10.0. The third-order valence-corrected chi connectivity index (χ3v) is 2.61. The van der Waals surface area contributed by atoms with Crippen LogP contribution in [0.3, 0.4) is 0 Å². The minimum Gasteiger partial charge on any atom is -0.393 e. The van der Waals surface area contributed by atoms with Crippen LogP contribution in [0.2, 0.25) is 0 Å². The molecule has 12 heavy (non-hydrogen) atoms. The van der Waals surface area contributed by atoms with E-state index in [0.717, 1.165) is 18.8 Å². The molecule has 2 atom stereocenters. The van der Waals surface area contributed by atoms with Crippen LogP contribution >= 0.6 is 0 Å². The first-order valence-electron chi connectivity index (χ1n) is 4.93. The maximum Gasteiger partial charge on any atom is 0.0567 e. The summed E-state index contributed by atoms with van der Waals surface area (Å²) in [4.78, 5) is 0. The van der Waals surface area contributed by atoms with Gasteiger partial charge < -0.3 is 9.84 Å². The van der Waals surface area contributed by atoms with Crippen LogP contribution in [0.5, 0.6) is 0 Å². The van der Waals surface area contributed by atoms with E-state index in [-0.39, 0.29) is 12.2 Å². The van der Waals surface area contributed by atoms with Crippen molar-refractivity contribution in [2.45, 2.75) is 51.2 Å². The van der Waals surface area contributed by atoms with Crippen molar-refractivity contribution in [2.75, 3.05) is 7.11 Å². The van der Waals surface area contributed by atoms with Gasteiger partial charge in [0, 0.05) is 7.11 Å². The fraction of sp³-hybridized carbons (Fsp3) is 1.00. The average molecular weight is 172 g/mol. The minimum absolute atomic E-state index is 0.152. The molecule has 0 saturated heterocycles. The molecule has 1 saturated carbocycles. The summed E-state index contributed by atoms with van der Waals surface area (Å²) in [6.07, 6.45) is 5.75. The highest BCUT2D eigenvalue weighted by molar-refractivity contribution is 4.74. The smallest absolute Gasteiger partial charge is 0.0567 e. The average Bonchev–Trinajstić information content (AvgIpc) is 2.83. The van der Waals surface area contributed by atoms with Gasteiger partial charge in [0.05, 0.1) is 12.2 Å². The van der Waals surface area contributed by atoms with Gasteiger partial charge in [0.15, 0.2) is 0 Å². The Balaban J connectivity index is 1.97. The van der Waals surface area contributed by atoms with Gasteiger partial charge in [-0.25, -0.2) is 0 Å². The maximum atomic E-state index is 9.55. The van der Waals surface area contributed by atoms with Gasteiger partial charge in [0.25, 0.3) is 0 Å². The summed E-state index contributed by atoms with van der Waals surface area (Å²) >= 11 is 0. The Kier molecular flexibility index (Phi) is 4.02. The van der Waals surface area contributed by atoms with Crippen LogP contribution in [0.15, 0.2) is 0 Å². The Labute approximate surface area is 74.9 Å². The van der Waals surface area contributed by atoms with E-state index in [2.05, 4.69) is 0 Å². The lowest BCUT2D eigenvalue weighted by Crippen LogP contribution is -2.16. The van der Waals surface area contributed by atoms with Gasteiger partial charge in [0.2, 0.25) is 0 Å². The number of methoxy groups -OCH3 is 1. The molecule has 72 valence electrons. The number of aliphatic hydroxyl groups excluding tert-OH is 1. The van der Waals surface area contributed by atoms with E-state index in [9.17, 15) is 5.11 Å². The van der Waals surface area contributed by atoms with Gasteiger partial charge in [-0.2, -0.15) is 0 Å². The van der Waals surface area contributed by atoms with Crippen molar-refractivity contribution in [2.24, 2.45) is 5.92 Å². The van der Waals surface area contributed by atoms with Crippen molar-refractivity contribution in [3.8, 4) is 0 Å². The lowest BCUT2D eigenvalue weighted by Gasteiger charge is -2.14. The topological polar surface area (TPSA) is 29.5 Å². The molecule has 1 N–H and O–H groups in total. The number of hydrogen-bond donors (Lipinski definition) is 1. The first-order chi connectivity index (χ1) is 5.72. The van der Waals surface area contributed by atoms with Gasteiger partial charge in [-0.1, -0.05) is 12.8 Å². The second-order valence-corrected chi connectivity index (χ2v) is 3.96. The lowest BCUT2D eigenvalue weighted by atomic mass is 10.1. The van der Waals surface area contributed by atoms with Gasteiger partial charge in [-0.15, -0.1) is 0 Å². The normalized spacial score (nSPS) is 22.2. The Bertz CT molecular complexity index is 121. The molecule has 1 fully saturated rings. The fourth-order valence-electron chi connectivity index (χ4n) is 1.43. The SMILES string of the molecule is COC(C)CC(O)CCC1CC1. The maximum absolute atomic E-state index is 9.55. The predicted molar refractivity (Wildman–Crippen MR) is 49.1 cm³/mol. The standard InChI is InChI=1S/C10H20O2/c1-8(12-2)7-10(11)6-5-9-3-4-9/h8-11H,3-7H2,1-2H3. The third kappa shape index (κ3) is 4.07. The molecule has 1 rings (SSSR count). The Hall–Kier alpha value is -0.0800. The highest BCUT2D eigenvalue weighted by Gasteiger charge is 2.22. The minimum atomic E-state index is -0.152. The van der Waals surface area contributed by atoms with Crippen molar-refractivity contribution in [1.29, 1.82) is 0 Å². The number of ether oxygens (including phenoxy) is 1. The van der Waals surface area contributed by atoms with Crippen molar-refractivity contribution in [3.63, 3.8) is 0 Å². The molecular formula is C10H20O2. The molecule has 0 aromatic rings. The van der Waals surface area contributed by atoms with Crippen LogP contribution in [0.25, 0.3) is 0 Å². The van der Waals surface area contributed by atoms with Gasteiger partial charge >= 0.3 is 0 Å². The molecular weight excluding hydrogens is 152 g/mol. The van der Waals surface area contributed by atoms with Crippen LogP contribution in [0.4, 0.5) is 0 Å². The van der Waals surface area contributed by atoms with E-state index in [1.165, 1.54) is 19.3 Å². The van der Waals surface area contributed by atoms with E-state index >= 15 is 0 Å². The lowest BCUT2D eigenvalue weighted by molar-refractivity contribution is 0.0515. The molecule has 0 heterocycles. The molecule has 0 spiro atoms. The summed E-state index contributed by atoms with van der Waals surface area (Å²) in [5.74, 6) is 0.928. The summed E-state index contributed by atoms with van der Waals surface area (Å²) in [6.45, 7) is 2.00. The van der Waals surface area contributed by atoms with Crippen molar-refractivity contribution in [3.05, 3.63) is 0 Å². The summed E-state index contributed by atoms with van der Waals surface area (Å²) in [5, 5.41) is 9.55. The van der Waals surface area contributed by atoms with Gasteiger partial charge in [-0.05, 0) is 32.1 Å². The van der Waals surface area contributed by atoms with Crippen LogP contribution in [0.1, 0.15) is 39.0 Å². The molecule has 0 amide bonds. The van der Waals surface area contributed by atoms with Crippen molar-refractivity contribution in [1.82, 2.24) is 0 Å². The summed E-state index contributed by atoms with van der Waals surface area (Å²) in [7, 11) is 1.69. The predicted octanol–water partition coefficient (Wildman–Crippen LogP) is 1.96. The molecule has 2 heteroatoms. The van der Waals surface area contributed by atoms with Crippen LogP contribution < -0.4 is 0 Å². The first-order valence-corrected chi connectivity index (χ1v) is 4.93. The molecule has 1 aliphatic carbocycles. The van der Waals surface area contributed by atoms with E-state index < -0.39 is 0 Å². The molecule has 0 aromatic heterocycles. The highest BCUT2D eigenvalue weighted by atomic mass is 16.5. The fourth-order valence-corrected chi connectivity index (χ4v) is 1.43. The van der Waals surface area contributed by atoms with E-state index in [0.29, 0.717) is 0 Å². The molecule has 1 aliphatic rings. The zero-order valence-corrected chi connectivity index (χ0v) is 8.12. The quantitative estimate of drug-likeness (QED) is 0.663. The zero-order chi connectivity index (χ0) is 8.97. The number of aliphatic hydroxyl groups is 1. The van der Waals surface area contributed by atoms with Crippen LogP contribution in [-0.4, -0.2) is 24.4 Å². The highest BCUT2D eigenvalue weighted by Crippen LogP contribution is 2.34. The monoisotopic (exact) mass is 172 g/mol. The van der Waals surface area contributed by atoms with Gasteiger partial charge in [-0.3, -0.25) is 0 Å². The summed E-state index contributed by atoms with van der Waals surface area (Å²) in [5.41, 5.74) is 0. The van der Waals surface area contributed by atoms with Crippen molar-refractivity contribution < 1.29 is 9.84 Å². The molecule has 2 unspecified atom stereocenters. The Morgan fingerprint density at radius 2 is 2.17 bits per heavy atom. The zero-order valence-electron chi connectivity index (χ0n) is 8.12. The second kappa shape index (κ2) is 4.83. The Morgan fingerprint density at radius 1 is 1.50 bits per heavy atom. The second-order valence-electron chi connectivity index (χ2n) is 3.96. The number of hydrogen-bond acceptors (Lipinski definition) is 2. The molecule has 0 radical (unpaired) electrons. The largest absolute Gasteiger partial charge is 0.393 e. The van der Waals surface area contributed by atoms with Crippen LogP contribution in [-0.2, 0) is 4.74 Å². The molecule has 0 bridgehead atoms. The molecule has 0 aromatic carbocycles. The van der Waals surface area contributed by atoms with E-state index in [1.807, 2.05) is 6.92 Å². The third-order valence-electron chi connectivity index (χ3n) is 2.61. The number of rotatable bonds is 6. The van der Waals surface area contributed by atoms with E-state index in [1.54, 1.807) is 7.11 Å². The summed E-state index contributed by atoms with van der Waals surface area (Å²) in [6, 6.07) is 0.